The molecule has 0 nitrogen and oxygen atoms in total. The van der Waals surface area contributed by atoms with Crippen LogP contribution in [0.2, 0.25) is 0 Å². The van der Waals surface area contributed by atoms with Gasteiger partial charge in [-0.15, -0.1) is 0 Å². The van der Waals surface area contributed by atoms with Crippen LogP contribution in [0.25, 0.3) is 70.7 Å². The number of fused-ring (bicyclic) bond motifs is 6. The summed E-state index contributed by atoms with van der Waals surface area (Å²) in [6.45, 7) is 0. The third kappa shape index (κ3) is 9.16. The molecule has 0 bridgehead atoms. The summed E-state index contributed by atoms with van der Waals surface area (Å²) < 4.78 is 0. The summed E-state index contributed by atoms with van der Waals surface area (Å²) in [6.07, 6.45) is 5.53. The van der Waals surface area contributed by atoms with Gasteiger partial charge in [-0.3, -0.25) is 0 Å². The van der Waals surface area contributed by atoms with Gasteiger partial charge in [0, 0.05) is 0 Å². The van der Waals surface area contributed by atoms with E-state index in [0.29, 0.717) is 0 Å². The summed E-state index contributed by atoms with van der Waals surface area (Å²) in [5, 5.41) is 16.0. The van der Waals surface area contributed by atoms with Gasteiger partial charge in [-0.25, -0.2) is 0 Å². The zero-order valence-corrected chi connectivity index (χ0v) is 32.0. The molecule has 0 heteroatoms. The fraction of sp³-hybridized carbons (Fsp3) is 0.0175. The zero-order chi connectivity index (χ0) is 38.5. The van der Waals surface area contributed by atoms with E-state index in [1.807, 2.05) is 36.4 Å². The molecular formula is C57H44. The fourth-order valence-corrected chi connectivity index (χ4v) is 7.43. The molecule has 0 atom stereocenters. The first-order valence-corrected chi connectivity index (χ1v) is 19.7. The quantitative estimate of drug-likeness (QED) is 0.108. The second kappa shape index (κ2) is 18.4. The number of hydrogen-bond donors (Lipinski definition) is 0. The van der Waals surface area contributed by atoms with Crippen LogP contribution in [0.3, 0.4) is 0 Å². The van der Waals surface area contributed by atoms with Crippen molar-refractivity contribution in [3.05, 3.63) is 260 Å². The van der Waals surface area contributed by atoms with Crippen molar-refractivity contribution in [2.75, 3.05) is 0 Å². The van der Waals surface area contributed by atoms with E-state index in [4.69, 9.17) is 0 Å². The fourth-order valence-electron chi connectivity index (χ4n) is 7.43. The van der Waals surface area contributed by atoms with E-state index in [2.05, 4.69) is 218 Å². The van der Waals surface area contributed by atoms with Crippen molar-refractivity contribution in [1.29, 1.82) is 0 Å². The molecule has 11 aromatic rings. The monoisotopic (exact) mass is 728 g/mol. The van der Waals surface area contributed by atoms with E-state index in [-0.39, 0.29) is 0 Å². The first-order valence-electron chi connectivity index (χ1n) is 19.7. The van der Waals surface area contributed by atoms with Crippen LogP contribution in [0, 0.1) is 0 Å². The topological polar surface area (TPSA) is 0 Å². The Morgan fingerprint density at radius 2 is 0.596 bits per heavy atom. The maximum absolute atomic E-state index is 2.24. The maximum atomic E-state index is 2.24. The van der Waals surface area contributed by atoms with Crippen molar-refractivity contribution in [2.24, 2.45) is 0 Å². The van der Waals surface area contributed by atoms with Crippen molar-refractivity contribution in [2.45, 2.75) is 6.42 Å². The number of allylic oxidation sites excluding steroid dienone is 1. The Balaban J connectivity index is 0.000000102. The van der Waals surface area contributed by atoms with E-state index in [0.717, 1.165) is 6.42 Å². The number of rotatable bonds is 0. The third-order valence-corrected chi connectivity index (χ3v) is 10.3. The molecule has 1 aliphatic carbocycles. The molecule has 0 spiro atoms. The Bertz CT molecular complexity index is 2770. The minimum Gasteiger partial charge on any atom is -0.0795 e. The summed E-state index contributed by atoms with van der Waals surface area (Å²) in [7, 11) is 0. The Labute approximate surface area is 335 Å². The molecule has 0 heterocycles. The van der Waals surface area contributed by atoms with Crippen LogP contribution in [0.1, 0.15) is 11.1 Å². The van der Waals surface area contributed by atoms with Gasteiger partial charge in [0.25, 0.3) is 0 Å². The summed E-state index contributed by atoms with van der Waals surface area (Å²) in [5.74, 6) is 0. The minimum absolute atomic E-state index is 1.08. The summed E-state index contributed by atoms with van der Waals surface area (Å²) in [6, 6.07) is 84.5. The van der Waals surface area contributed by atoms with E-state index in [9.17, 15) is 0 Å². The lowest BCUT2D eigenvalue weighted by Crippen LogP contribution is -1.91. The van der Waals surface area contributed by atoms with Gasteiger partial charge in [0.15, 0.2) is 0 Å². The molecule has 0 fully saturated rings. The second-order valence-corrected chi connectivity index (χ2v) is 14.0. The highest BCUT2D eigenvalue weighted by atomic mass is 14.1. The molecule has 0 saturated heterocycles. The maximum Gasteiger partial charge on any atom is -0.00763 e. The van der Waals surface area contributed by atoms with E-state index >= 15 is 0 Å². The summed E-state index contributed by atoms with van der Waals surface area (Å²) in [5.41, 5.74) is 2.81. The van der Waals surface area contributed by atoms with Gasteiger partial charge < -0.3 is 0 Å². The normalized spacial score (nSPS) is 11.0. The van der Waals surface area contributed by atoms with E-state index in [1.165, 1.54) is 75.8 Å². The Hall–Kier alpha value is -7.28. The van der Waals surface area contributed by atoms with Crippen LogP contribution in [-0.2, 0) is 6.42 Å². The van der Waals surface area contributed by atoms with Gasteiger partial charge in [0.05, 0.1) is 0 Å². The standard InChI is InChI=1S/2C14H10.C13H10.C10H8.C6H6/c1-3-7-13-11(5-1)9-10-12-6-2-4-8-14(12)13;1-2-6-12-10-14-8-4-3-7-13(14)9-11(12)5-1;1-4-10-6-2-8-12-9-3-7-11(5-1)13(10)12;1-2-6-10-8-4-3-7-9(10)5-1;1-2-4-6-5-3-1/h2*1-10H;1-8H,9H2;1-8H;1-6H. The second-order valence-electron chi connectivity index (χ2n) is 14.0. The van der Waals surface area contributed by atoms with Gasteiger partial charge in [0.2, 0.25) is 0 Å². The van der Waals surface area contributed by atoms with Crippen molar-refractivity contribution < 1.29 is 0 Å². The predicted octanol–water partition coefficient (Wildman–Crippen LogP) is 15.9. The average molecular weight is 729 g/mol. The molecule has 11 aromatic carbocycles. The molecule has 0 aromatic heterocycles. The lowest BCUT2D eigenvalue weighted by molar-refractivity contribution is 1.29. The lowest BCUT2D eigenvalue weighted by atomic mass is 9.93. The van der Waals surface area contributed by atoms with Gasteiger partial charge in [-0.1, -0.05) is 243 Å². The molecular weight excluding hydrogens is 685 g/mol. The molecule has 1 aliphatic rings. The lowest BCUT2D eigenvalue weighted by Gasteiger charge is -2.11. The van der Waals surface area contributed by atoms with E-state index < -0.39 is 0 Å². The van der Waals surface area contributed by atoms with Crippen molar-refractivity contribution in [1.82, 2.24) is 0 Å². The van der Waals surface area contributed by atoms with Crippen molar-refractivity contribution in [3.8, 4) is 0 Å². The van der Waals surface area contributed by atoms with Gasteiger partial charge in [-0.05, 0) is 94.3 Å². The molecule has 0 amide bonds. The van der Waals surface area contributed by atoms with Crippen LogP contribution >= 0.6 is 0 Å². The highest BCUT2D eigenvalue weighted by molar-refractivity contribution is 6.07. The Morgan fingerprint density at radius 3 is 1.04 bits per heavy atom. The molecule has 12 rings (SSSR count). The first kappa shape index (κ1) is 36.7. The van der Waals surface area contributed by atoms with Crippen LogP contribution < -0.4 is 0 Å². The van der Waals surface area contributed by atoms with E-state index in [1.54, 1.807) is 0 Å². The molecule has 0 N–H and O–H groups in total. The Kier molecular flexibility index (Phi) is 11.8. The molecule has 0 saturated carbocycles. The third-order valence-electron chi connectivity index (χ3n) is 10.3. The molecule has 0 aliphatic heterocycles. The van der Waals surface area contributed by atoms with Crippen LogP contribution in [-0.4, -0.2) is 0 Å². The van der Waals surface area contributed by atoms with Crippen LogP contribution in [0.15, 0.2) is 249 Å². The van der Waals surface area contributed by atoms with Crippen molar-refractivity contribution >= 4 is 70.7 Å². The SMILES string of the molecule is C1=Cc2cccc3cccc(c23)C1.c1ccc2c(c1)ccc1ccccc12.c1ccc2cc3ccccc3cc2c1.c1ccc2ccccc2c1.c1ccccc1. The highest BCUT2D eigenvalue weighted by Gasteiger charge is 2.06. The van der Waals surface area contributed by atoms with Gasteiger partial charge >= 0.3 is 0 Å². The Morgan fingerprint density at radius 1 is 0.246 bits per heavy atom. The minimum atomic E-state index is 1.08. The average Bonchev–Trinajstić information content (AvgIpc) is 3.30. The van der Waals surface area contributed by atoms with Crippen LogP contribution in [0.4, 0.5) is 0 Å². The first-order chi connectivity index (χ1) is 28.3. The van der Waals surface area contributed by atoms with Gasteiger partial charge in [-0.2, -0.15) is 0 Å². The predicted molar refractivity (Wildman–Crippen MR) is 250 cm³/mol. The molecule has 0 unspecified atom stereocenters. The van der Waals surface area contributed by atoms with Crippen LogP contribution in [0.5, 0.6) is 0 Å². The number of hydrogen-bond acceptors (Lipinski definition) is 0. The largest absolute Gasteiger partial charge is 0.0795 e. The van der Waals surface area contributed by atoms with Gasteiger partial charge in [0.1, 0.15) is 0 Å². The smallest absolute Gasteiger partial charge is 0.00763 e. The van der Waals surface area contributed by atoms with Crippen molar-refractivity contribution in [3.63, 3.8) is 0 Å². The summed E-state index contributed by atoms with van der Waals surface area (Å²) in [4.78, 5) is 0. The summed E-state index contributed by atoms with van der Waals surface area (Å²) >= 11 is 0. The molecule has 57 heavy (non-hydrogen) atoms. The molecule has 272 valence electrons. The highest BCUT2D eigenvalue weighted by Crippen LogP contribution is 2.28. The zero-order valence-electron chi connectivity index (χ0n) is 32.0. The molecule has 0 radical (unpaired) electrons. The number of benzene rings is 11.